The lowest BCUT2D eigenvalue weighted by Crippen LogP contribution is -2.09. The molecule has 80 valence electrons. The van der Waals surface area contributed by atoms with Crippen molar-refractivity contribution in [2.45, 2.75) is 13.2 Å². The summed E-state index contributed by atoms with van der Waals surface area (Å²) in [6.07, 6.45) is 1.68. The third-order valence-corrected chi connectivity index (χ3v) is 1.61. The van der Waals surface area contributed by atoms with Gasteiger partial charge in [0.25, 0.3) is 0 Å². The third kappa shape index (κ3) is 4.28. The topological polar surface area (TPSA) is 66.8 Å². The summed E-state index contributed by atoms with van der Waals surface area (Å²) in [5.41, 5.74) is 0.760. The first-order chi connectivity index (χ1) is 7.08. The Morgan fingerprint density at radius 2 is 2.00 bits per heavy atom. The van der Waals surface area contributed by atoms with Gasteiger partial charge in [-0.25, -0.2) is 4.79 Å². The second-order valence-electron chi connectivity index (χ2n) is 2.96. The summed E-state index contributed by atoms with van der Waals surface area (Å²) in [4.78, 5) is 10.2. The molecule has 0 bridgehead atoms. The summed E-state index contributed by atoms with van der Waals surface area (Å²) in [7, 11) is 0. The lowest BCUT2D eigenvalue weighted by atomic mass is 10.2. The van der Waals surface area contributed by atoms with Gasteiger partial charge < -0.3 is 14.9 Å². The molecule has 1 aromatic carbocycles. The largest absolute Gasteiger partial charge is 0.478 e. The summed E-state index contributed by atoms with van der Waals surface area (Å²) in [5.74, 6) is -0.447. The molecule has 0 aliphatic rings. The zero-order chi connectivity index (χ0) is 11.3. The summed E-state index contributed by atoms with van der Waals surface area (Å²) in [6, 6.07) is 6.73. The molecule has 0 heterocycles. The molecule has 4 heteroatoms. The van der Waals surface area contributed by atoms with Gasteiger partial charge in [0.1, 0.15) is 5.75 Å². The SMILES string of the molecule is CC(O)Oc1ccc(/C=C/C(=O)O)cc1. The second-order valence-corrected chi connectivity index (χ2v) is 2.96. The minimum Gasteiger partial charge on any atom is -0.478 e. The molecule has 0 aliphatic carbocycles. The van der Waals surface area contributed by atoms with Crippen LogP contribution >= 0.6 is 0 Å². The Labute approximate surface area is 87.4 Å². The van der Waals surface area contributed by atoms with Crippen LogP contribution in [0.25, 0.3) is 6.08 Å². The highest BCUT2D eigenvalue weighted by Gasteiger charge is 1.97. The van der Waals surface area contributed by atoms with Crippen LogP contribution in [0.3, 0.4) is 0 Å². The fraction of sp³-hybridized carbons (Fsp3) is 0.182. The molecule has 1 unspecified atom stereocenters. The van der Waals surface area contributed by atoms with Crippen molar-refractivity contribution in [1.82, 2.24) is 0 Å². The Hall–Kier alpha value is -1.81. The van der Waals surface area contributed by atoms with E-state index in [1.807, 2.05) is 0 Å². The normalized spacial score (nSPS) is 12.7. The molecule has 1 rings (SSSR count). The van der Waals surface area contributed by atoms with Crippen molar-refractivity contribution in [3.05, 3.63) is 35.9 Å². The number of aliphatic carboxylic acids is 1. The van der Waals surface area contributed by atoms with Crippen molar-refractivity contribution in [3.63, 3.8) is 0 Å². The van der Waals surface area contributed by atoms with Crippen LogP contribution in [0.5, 0.6) is 5.75 Å². The average Bonchev–Trinajstić information content (AvgIpc) is 2.16. The molecule has 2 N–H and O–H groups in total. The molecule has 0 radical (unpaired) electrons. The van der Waals surface area contributed by atoms with Gasteiger partial charge in [-0.15, -0.1) is 0 Å². The second kappa shape index (κ2) is 5.17. The third-order valence-electron chi connectivity index (χ3n) is 1.61. The van der Waals surface area contributed by atoms with Gasteiger partial charge >= 0.3 is 5.97 Å². The molecule has 15 heavy (non-hydrogen) atoms. The van der Waals surface area contributed by atoms with E-state index in [0.29, 0.717) is 5.75 Å². The fourth-order valence-electron chi connectivity index (χ4n) is 1.02. The van der Waals surface area contributed by atoms with Crippen LogP contribution in [0.2, 0.25) is 0 Å². The van der Waals surface area contributed by atoms with E-state index in [4.69, 9.17) is 14.9 Å². The molecule has 0 saturated carbocycles. The summed E-state index contributed by atoms with van der Waals surface area (Å²) >= 11 is 0. The number of aliphatic hydroxyl groups is 1. The van der Waals surface area contributed by atoms with Crippen molar-refractivity contribution in [1.29, 1.82) is 0 Å². The number of carbonyl (C=O) groups is 1. The van der Waals surface area contributed by atoms with Crippen LogP contribution in [0.15, 0.2) is 30.3 Å². The molecule has 0 aromatic heterocycles. The van der Waals surface area contributed by atoms with Gasteiger partial charge in [-0.2, -0.15) is 0 Å². The summed E-state index contributed by atoms with van der Waals surface area (Å²) < 4.78 is 5.01. The number of carboxylic acids is 1. The molecule has 0 amide bonds. The molecule has 0 fully saturated rings. The van der Waals surface area contributed by atoms with Crippen LogP contribution in [-0.4, -0.2) is 22.5 Å². The summed E-state index contributed by atoms with van der Waals surface area (Å²) in [6.45, 7) is 1.51. The summed E-state index contributed by atoms with van der Waals surface area (Å²) in [5, 5.41) is 17.3. The van der Waals surface area contributed by atoms with Crippen LogP contribution in [0.1, 0.15) is 12.5 Å². The number of benzene rings is 1. The van der Waals surface area contributed by atoms with Gasteiger partial charge in [-0.3, -0.25) is 0 Å². The van der Waals surface area contributed by atoms with E-state index >= 15 is 0 Å². The van der Waals surface area contributed by atoms with E-state index in [2.05, 4.69) is 0 Å². The van der Waals surface area contributed by atoms with Crippen LogP contribution < -0.4 is 4.74 Å². The Bertz CT molecular complexity index is 351. The minimum atomic E-state index is -0.987. The monoisotopic (exact) mass is 208 g/mol. The first kappa shape index (κ1) is 11.3. The highest BCUT2D eigenvalue weighted by Crippen LogP contribution is 2.14. The Kier molecular flexibility index (Phi) is 3.88. The Balaban J connectivity index is 2.68. The first-order valence-corrected chi connectivity index (χ1v) is 4.44. The lowest BCUT2D eigenvalue weighted by molar-refractivity contribution is -0.131. The number of rotatable bonds is 4. The van der Waals surface area contributed by atoms with Gasteiger partial charge in [-0.1, -0.05) is 12.1 Å². The van der Waals surface area contributed by atoms with E-state index in [1.54, 1.807) is 24.3 Å². The zero-order valence-electron chi connectivity index (χ0n) is 8.25. The van der Waals surface area contributed by atoms with Gasteiger partial charge in [-0.05, 0) is 30.7 Å². The Morgan fingerprint density at radius 3 is 2.47 bits per heavy atom. The standard InChI is InChI=1S/C11H12O4/c1-8(12)15-10-5-2-9(3-6-10)4-7-11(13)14/h2-8,12H,1H3,(H,13,14)/b7-4+. The average molecular weight is 208 g/mol. The van der Waals surface area contributed by atoms with E-state index in [1.165, 1.54) is 13.0 Å². The number of aliphatic hydroxyl groups excluding tert-OH is 1. The number of hydrogen-bond acceptors (Lipinski definition) is 3. The molecular weight excluding hydrogens is 196 g/mol. The van der Waals surface area contributed by atoms with Crippen LogP contribution in [-0.2, 0) is 4.79 Å². The first-order valence-electron chi connectivity index (χ1n) is 4.44. The van der Waals surface area contributed by atoms with E-state index in [9.17, 15) is 4.79 Å². The zero-order valence-corrected chi connectivity index (χ0v) is 8.25. The maximum Gasteiger partial charge on any atom is 0.328 e. The highest BCUT2D eigenvalue weighted by molar-refractivity contribution is 5.85. The van der Waals surface area contributed by atoms with Gasteiger partial charge in [0.05, 0.1) is 0 Å². The Morgan fingerprint density at radius 1 is 1.40 bits per heavy atom. The number of ether oxygens (including phenoxy) is 1. The minimum absolute atomic E-state index is 0.539. The highest BCUT2D eigenvalue weighted by atomic mass is 16.6. The molecular formula is C11H12O4. The van der Waals surface area contributed by atoms with Gasteiger partial charge in [0, 0.05) is 6.08 Å². The van der Waals surface area contributed by atoms with E-state index in [0.717, 1.165) is 11.6 Å². The molecule has 1 aromatic rings. The van der Waals surface area contributed by atoms with E-state index in [-0.39, 0.29) is 0 Å². The van der Waals surface area contributed by atoms with Crippen molar-refractivity contribution in [2.24, 2.45) is 0 Å². The molecule has 4 nitrogen and oxygen atoms in total. The van der Waals surface area contributed by atoms with Crippen molar-refractivity contribution >= 4 is 12.0 Å². The van der Waals surface area contributed by atoms with Gasteiger partial charge in [0.15, 0.2) is 6.29 Å². The number of carboxylic acid groups (broad SMARTS) is 1. The maximum atomic E-state index is 10.2. The molecule has 0 spiro atoms. The fourth-order valence-corrected chi connectivity index (χ4v) is 1.02. The maximum absolute atomic E-state index is 10.2. The predicted octanol–water partition coefficient (Wildman–Crippen LogP) is 1.50. The van der Waals surface area contributed by atoms with Crippen molar-refractivity contribution < 1.29 is 19.7 Å². The predicted molar refractivity (Wildman–Crippen MR) is 55.4 cm³/mol. The lowest BCUT2D eigenvalue weighted by Gasteiger charge is -2.07. The van der Waals surface area contributed by atoms with Crippen LogP contribution in [0, 0.1) is 0 Å². The number of hydrogen-bond donors (Lipinski definition) is 2. The van der Waals surface area contributed by atoms with Crippen molar-refractivity contribution in [3.8, 4) is 5.75 Å². The van der Waals surface area contributed by atoms with E-state index < -0.39 is 12.3 Å². The van der Waals surface area contributed by atoms with Crippen LogP contribution in [0.4, 0.5) is 0 Å². The van der Waals surface area contributed by atoms with Crippen molar-refractivity contribution in [2.75, 3.05) is 0 Å². The molecule has 0 saturated heterocycles. The van der Waals surface area contributed by atoms with Gasteiger partial charge in [0.2, 0.25) is 0 Å². The quantitative estimate of drug-likeness (QED) is 0.581. The smallest absolute Gasteiger partial charge is 0.328 e. The molecule has 0 aliphatic heterocycles. The molecule has 1 atom stereocenters.